The van der Waals surface area contributed by atoms with Crippen LogP contribution in [0.15, 0.2) is 6.20 Å². The van der Waals surface area contributed by atoms with Crippen molar-refractivity contribution in [1.29, 1.82) is 0 Å². The number of amides is 2. The minimum Gasteiger partial charge on any atom is -0.369 e. The number of aromatic nitrogens is 3. The standard InChI is InChI=1S/C19H31N7O2/c1-21-9-15-10-26(23-22-15)11-16-8-14-4-7-25(16)12-17(14)19(28)24-5-2-13(3-6-24)18(20)27/h10,13-14,16-17,21H,2-9,11-12H2,1H3,(H2,20,27)/p+2/t14-,16+,17-/m0/s1. The average molecular weight is 392 g/mol. The Hall–Kier alpha value is -2.00. The van der Waals surface area contributed by atoms with Crippen LogP contribution >= 0.6 is 0 Å². The zero-order valence-electron chi connectivity index (χ0n) is 16.7. The number of nitrogens with two attached hydrogens (primary N) is 2. The highest BCUT2D eigenvalue weighted by Gasteiger charge is 2.48. The van der Waals surface area contributed by atoms with Crippen LogP contribution in [0.3, 0.4) is 0 Å². The van der Waals surface area contributed by atoms with Crippen LogP contribution in [-0.2, 0) is 22.7 Å². The van der Waals surface area contributed by atoms with Crippen LogP contribution in [0.5, 0.6) is 0 Å². The van der Waals surface area contributed by atoms with Gasteiger partial charge in [0.1, 0.15) is 18.3 Å². The van der Waals surface area contributed by atoms with Gasteiger partial charge in [-0.15, -0.1) is 5.10 Å². The van der Waals surface area contributed by atoms with Crippen LogP contribution < -0.4 is 16.0 Å². The van der Waals surface area contributed by atoms with Crippen molar-refractivity contribution in [3.05, 3.63) is 11.9 Å². The maximum atomic E-state index is 13.1. The van der Waals surface area contributed by atoms with Gasteiger partial charge in [-0.25, -0.2) is 4.68 Å². The number of nitrogens with one attached hydrogen (secondary N) is 1. The maximum absolute atomic E-state index is 13.1. The van der Waals surface area contributed by atoms with E-state index < -0.39 is 0 Å². The summed E-state index contributed by atoms with van der Waals surface area (Å²) in [6.07, 6.45) is 5.68. The molecule has 4 aliphatic heterocycles. The molecule has 0 aromatic carbocycles. The number of quaternary nitrogens is 2. The summed E-state index contributed by atoms with van der Waals surface area (Å²) in [5, 5.41) is 10.6. The zero-order chi connectivity index (χ0) is 19.7. The van der Waals surface area contributed by atoms with Crippen molar-refractivity contribution in [3.8, 4) is 0 Å². The summed E-state index contributed by atoms with van der Waals surface area (Å²) in [6, 6.07) is 0.517. The number of hydrogen-bond donors (Lipinski definition) is 3. The fourth-order valence-electron chi connectivity index (χ4n) is 5.38. The first-order chi connectivity index (χ1) is 13.5. The van der Waals surface area contributed by atoms with Crippen molar-refractivity contribution >= 4 is 11.8 Å². The van der Waals surface area contributed by atoms with Crippen molar-refractivity contribution in [2.75, 3.05) is 33.2 Å². The quantitative estimate of drug-likeness (QED) is 0.479. The lowest BCUT2D eigenvalue weighted by Crippen LogP contribution is -3.20. The van der Waals surface area contributed by atoms with Gasteiger partial charge in [0.2, 0.25) is 11.8 Å². The van der Waals surface area contributed by atoms with Gasteiger partial charge in [-0.3, -0.25) is 9.59 Å². The highest BCUT2D eigenvalue weighted by molar-refractivity contribution is 5.80. The lowest BCUT2D eigenvalue weighted by molar-refractivity contribution is -0.945. The minimum absolute atomic E-state index is 0.0662. The van der Waals surface area contributed by atoms with Crippen molar-refractivity contribution in [1.82, 2.24) is 19.9 Å². The van der Waals surface area contributed by atoms with Gasteiger partial charge >= 0.3 is 0 Å². The van der Waals surface area contributed by atoms with Gasteiger partial charge in [0.25, 0.3) is 0 Å². The summed E-state index contributed by atoms with van der Waals surface area (Å²) in [7, 11) is 2.03. The number of fused-ring (bicyclic) bond motifs is 3. The number of piperidine rings is 4. The molecule has 1 aromatic rings. The third-order valence-corrected chi connectivity index (χ3v) is 6.98. The Labute approximate surface area is 165 Å². The molecule has 1 unspecified atom stereocenters. The average Bonchev–Trinajstić information content (AvgIpc) is 3.15. The molecular formula is C19H33N7O2+2. The topological polar surface area (TPSA) is 115 Å². The summed E-state index contributed by atoms with van der Waals surface area (Å²) in [5.41, 5.74) is 6.43. The van der Waals surface area contributed by atoms with E-state index in [9.17, 15) is 9.59 Å². The van der Waals surface area contributed by atoms with Gasteiger partial charge < -0.3 is 20.9 Å². The molecule has 0 spiro atoms. The molecule has 9 heteroatoms. The van der Waals surface area contributed by atoms with Crippen LogP contribution in [0.2, 0.25) is 0 Å². The number of carbonyl (C=O) groups excluding carboxylic acids is 2. The van der Waals surface area contributed by atoms with Crippen LogP contribution in [0, 0.1) is 17.8 Å². The number of primary amides is 1. The van der Waals surface area contributed by atoms with Gasteiger partial charge in [-0.05, 0) is 18.8 Å². The van der Waals surface area contributed by atoms with Crippen LogP contribution in [0.1, 0.15) is 31.4 Å². The van der Waals surface area contributed by atoms with E-state index in [1.54, 1.807) is 0 Å². The Balaban J connectivity index is 1.33. The third kappa shape index (κ3) is 3.91. The first-order valence-corrected chi connectivity index (χ1v) is 10.6. The largest absolute Gasteiger partial charge is 0.369 e. The Kier molecular flexibility index (Phi) is 5.63. The fourth-order valence-corrected chi connectivity index (χ4v) is 5.38. The van der Waals surface area contributed by atoms with E-state index in [1.165, 1.54) is 4.90 Å². The molecule has 4 aliphatic rings. The Morgan fingerprint density at radius 2 is 2.11 bits per heavy atom. The van der Waals surface area contributed by atoms with E-state index in [0.717, 1.165) is 44.7 Å². The van der Waals surface area contributed by atoms with E-state index >= 15 is 0 Å². The van der Waals surface area contributed by atoms with Crippen molar-refractivity contribution in [3.63, 3.8) is 0 Å². The van der Waals surface area contributed by atoms with Crippen LogP contribution in [0.4, 0.5) is 0 Å². The Bertz CT molecular complexity index is 713. The summed E-state index contributed by atoms with van der Waals surface area (Å²) in [4.78, 5) is 28.0. The van der Waals surface area contributed by atoms with E-state index in [2.05, 4.69) is 15.6 Å². The molecule has 4 saturated heterocycles. The van der Waals surface area contributed by atoms with E-state index in [4.69, 9.17) is 5.73 Å². The molecule has 0 saturated carbocycles. The van der Waals surface area contributed by atoms with E-state index in [-0.39, 0.29) is 17.7 Å². The second-order valence-electron chi connectivity index (χ2n) is 8.75. The number of hydrogen-bond acceptors (Lipinski definition) is 4. The molecule has 5 rings (SSSR count). The predicted octanol–water partition coefficient (Wildman–Crippen LogP) is -3.01. The molecule has 0 aliphatic carbocycles. The molecule has 4 atom stereocenters. The molecule has 1 aromatic heterocycles. The number of nitrogens with zero attached hydrogens (tertiary/aromatic N) is 4. The molecule has 4 fully saturated rings. The minimum atomic E-state index is -0.227. The second kappa shape index (κ2) is 8.16. The number of rotatable bonds is 6. The normalized spacial score (nSPS) is 30.5. The SMILES string of the molecule is C[NH2+]Cc1cn(C[C@H]2C[C@@H]3CC[NH+]2C[C@@H]3C(=O)N2CCC(C(N)=O)CC2)nn1. The van der Waals surface area contributed by atoms with Gasteiger partial charge in [-0.1, -0.05) is 5.21 Å². The maximum Gasteiger partial charge on any atom is 0.231 e. The van der Waals surface area contributed by atoms with Gasteiger partial charge in [0, 0.05) is 31.8 Å². The second-order valence-corrected chi connectivity index (χ2v) is 8.75. The summed E-state index contributed by atoms with van der Waals surface area (Å²) < 4.78 is 1.97. The molecule has 2 amide bonds. The lowest BCUT2D eigenvalue weighted by Gasteiger charge is -2.47. The number of likely N-dealkylation sites (tertiary alicyclic amines) is 1. The molecule has 5 heterocycles. The molecule has 154 valence electrons. The lowest BCUT2D eigenvalue weighted by atomic mass is 9.74. The monoisotopic (exact) mass is 391 g/mol. The smallest absolute Gasteiger partial charge is 0.231 e. The van der Waals surface area contributed by atoms with Crippen molar-refractivity contribution in [2.24, 2.45) is 23.5 Å². The molecule has 2 bridgehead atoms. The van der Waals surface area contributed by atoms with Crippen LogP contribution in [0.25, 0.3) is 0 Å². The zero-order valence-corrected chi connectivity index (χ0v) is 16.7. The molecule has 9 nitrogen and oxygen atoms in total. The Morgan fingerprint density at radius 1 is 1.32 bits per heavy atom. The predicted molar refractivity (Wildman–Crippen MR) is 101 cm³/mol. The van der Waals surface area contributed by atoms with Gasteiger partial charge in [0.15, 0.2) is 0 Å². The first kappa shape index (κ1) is 19.3. The van der Waals surface area contributed by atoms with Gasteiger partial charge in [0.05, 0.1) is 38.8 Å². The first-order valence-electron chi connectivity index (χ1n) is 10.6. The summed E-state index contributed by atoms with van der Waals surface area (Å²) >= 11 is 0. The van der Waals surface area contributed by atoms with E-state index in [1.807, 2.05) is 22.8 Å². The highest BCUT2D eigenvalue weighted by Crippen LogP contribution is 2.30. The van der Waals surface area contributed by atoms with Crippen molar-refractivity contribution < 1.29 is 19.8 Å². The fraction of sp³-hybridized carbons (Fsp3) is 0.789. The summed E-state index contributed by atoms with van der Waals surface area (Å²) in [6.45, 7) is 5.15. The van der Waals surface area contributed by atoms with Crippen molar-refractivity contribution in [2.45, 2.75) is 44.8 Å². The highest BCUT2D eigenvalue weighted by atomic mass is 16.2. The molecule has 28 heavy (non-hydrogen) atoms. The molecular weight excluding hydrogens is 358 g/mol. The van der Waals surface area contributed by atoms with Crippen LogP contribution in [-0.4, -0.2) is 71.0 Å². The Morgan fingerprint density at radius 3 is 2.75 bits per heavy atom. The molecule has 5 N–H and O–H groups in total. The third-order valence-electron chi connectivity index (χ3n) is 6.98. The summed E-state index contributed by atoms with van der Waals surface area (Å²) in [5.74, 6) is 0.603. The molecule has 0 radical (unpaired) electrons. The van der Waals surface area contributed by atoms with E-state index in [0.29, 0.717) is 43.8 Å². The van der Waals surface area contributed by atoms with Gasteiger partial charge in [-0.2, -0.15) is 0 Å². The number of carbonyl (C=O) groups is 2.